The predicted molar refractivity (Wildman–Crippen MR) is 116 cm³/mol. The Labute approximate surface area is 174 Å². The van der Waals surface area contributed by atoms with E-state index >= 15 is 0 Å². The minimum absolute atomic E-state index is 0.0201. The van der Waals surface area contributed by atoms with Crippen LogP contribution in [0.4, 0.5) is 17.2 Å². The van der Waals surface area contributed by atoms with Crippen LogP contribution in [0.5, 0.6) is 0 Å². The number of rotatable bonds is 5. The lowest BCUT2D eigenvalue weighted by molar-refractivity contribution is -0.114. The molecule has 2 heterocycles. The number of amides is 1. The number of H-pyrrole nitrogens is 1. The Balaban J connectivity index is 1.88. The highest BCUT2D eigenvalue weighted by molar-refractivity contribution is 6.07. The number of carbonyl (C=O) groups excluding carboxylic acids is 2. The molecule has 3 aromatic rings. The minimum Gasteiger partial charge on any atom is -0.356 e. The lowest BCUT2D eigenvalue weighted by atomic mass is 9.86. The van der Waals surface area contributed by atoms with Gasteiger partial charge in [-0.05, 0) is 43.1 Å². The van der Waals surface area contributed by atoms with Gasteiger partial charge in [-0.1, -0.05) is 18.2 Å². The Bertz CT molecular complexity index is 1090. The van der Waals surface area contributed by atoms with Gasteiger partial charge in [0, 0.05) is 30.8 Å². The number of nitrogens with one attached hydrogen (secondary N) is 2. The van der Waals surface area contributed by atoms with Crippen LogP contribution in [0.1, 0.15) is 29.4 Å². The summed E-state index contributed by atoms with van der Waals surface area (Å²) in [6.07, 6.45) is 2.68. The van der Waals surface area contributed by atoms with Crippen molar-refractivity contribution in [3.63, 3.8) is 0 Å². The number of aromatic amines is 1. The SMILES string of the molecule is CC(=O)Nc1cc(-c2[nH]c3c(c2N(N)c2ccccc2)C(=O)CC(CN)C3)ccn1. The second-order valence-corrected chi connectivity index (χ2v) is 7.45. The molecule has 30 heavy (non-hydrogen) atoms. The van der Waals surface area contributed by atoms with Gasteiger partial charge in [-0.15, -0.1) is 0 Å². The number of para-hydroxylation sites is 1. The Morgan fingerprint density at radius 1 is 1.27 bits per heavy atom. The van der Waals surface area contributed by atoms with Gasteiger partial charge < -0.3 is 16.0 Å². The molecule has 0 fully saturated rings. The van der Waals surface area contributed by atoms with Crippen LogP contribution in [0, 0.1) is 5.92 Å². The van der Waals surface area contributed by atoms with E-state index in [1.165, 1.54) is 11.9 Å². The van der Waals surface area contributed by atoms with Gasteiger partial charge in [0.2, 0.25) is 5.91 Å². The molecule has 0 saturated heterocycles. The number of nitrogens with two attached hydrogens (primary N) is 2. The topological polar surface area (TPSA) is 130 Å². The number of nitrogens with zero attached hydrogens (tertiary/aromatic N) is 2. The van der Waals surface area contributed by atoms with Crippen LogP contribution in [0.3, 0.4) is 0 Å². The van der Waals surface area contributed by atoms with Crippen molar-refractivity contribution >= 4 is 28.9 Å². The van der Waals surface area contributed by atoms with Gasteiger partial charge in [0.15, 0.2) is 5.78 Å². The van der Waals surface area contributed by atoms with Crippen LogP contribution in [-0.4, -0.2) is 28.2 Å². The van der Waals surface area contributed by atoms with Crippen molar-refractivity contribution in [3.8, 4) is 11.3 Å². The van der Waals surface area contributed by atoms with Crippen molar-refractivity contribution in [1.82, 2.24) is 9.97 Å². The smallest absolute Gasteiger partial charge is 0.222 e. The van der Waals surface area contributed by atoms with E-state index in [0.29, 0.717) is 42.1 Å². The van der Waals surface area contributed by atoms with E-state index in [4.69, 9.17) is 11.6 Å². The average Bonchev–Trinajstić information content (AvgIpc) is 3.13. The number of hydrogen-bond donors (Lipinski definition) is 4. The molecular formula is C22H24N6O2. The molecule has 154 valence electrons. The summed E-state index contributed by atoms with van der Waals surface area (Å²) in [6.45, 7) is 1.87. The second-order valence-electron chi connectivity index (χ2n) is 7.45. The van der Waals surface area contributed by atoms with Crippen molar-refractivity contribution in [2.45, 2.75) is 19.8 Å². The Morgan fingerprint density at radius 2 is 2.03 bits per heavy atom. The van der Waals surface area contributed by atoms with E-state index in [0.717, 1.165) is 16.9 Å². The minimum atomic E-state index is -0.212. The number of fused-ring (bicyclic) bond motifs is 1. The van der Waals surface area contributed by atoms with E-state index in [2.05, 4.69) is 15.3 Å². The van der Waals surface area contributed by atoms with Gasteiger partial charge >= 0.3 is 0 Å². The van der Waals surface area contributed by atoms with Crippen molar-refractivity contribution in [3.05, 3.63) is 59.9 Å². The summed E-state index contributed by atoms with van der Waals surface area (Å²) >= 11 is 0. The third-order valence-corrected chi connectivity index (χ3v) is 5.26. The summed E-state index contributed by atoms with van der Waals surface area (Å²) < 4.78 is 0. The molecule has 0 aliphatic heterocycles. The zero-order chi connectivity index (χ0) is 21.3. The average molecular weight is 404 g/mol. The van der Waals surface area contributed by atoms with Crippen molar-refractivity contribution in [2.75, 3.05) is 16.9 Å². The summed E-state index contributed by atoms with van der Waals surface area (Å²) in [5, 5.41) is 4.22. The highest BCUT2D eigenvalue weighted by Crippen LogP contribution is 2.42. The number of carbonyl (C=O) groups is 2. The molecule has 0 radical (unpaired) electrons. The number of anilines is 3. The van der Waals surface area contributed by atoms with Gasteiger partial charge in [-0.3, -0.25) is 14.6 Å². The van der Waals surface area contributed by atoms with Gasteiger partial charge in [0.05, 0.1) is 22.6 Å². The molecule has 0 bridgehead atoms. The van der Waals surface area contributed by atoms with Crippen LogP contribution in [0.25, 0.3) is 11.3 Å². The van der Waals surface area contributed by atoms with Crippen LogP contribution < -0.4 is 21.9 Å². The predicted octanol–water partition coefficient (Wildman–Crippen LogP) is 2.75. The maximum absolute atomic E-state index is 13.0. The molecule has 0 saturated carbocycles. The molecule has 1 aliphatic rings. The summed E-state index contributed by atoms with van der Waals surface area (Å²) in [6, 6.07) is 13.0. The lowest BCUT2D eigenvalue weighted by Crippen LogP contribution is -2.30. The molecule has 4 rings (SSSR count). The van der Waals surface area contributed by atoms with Gasteiger partial charge in [-0.2, -0.15) is 0 Å². The number of hydrazine groups is 1. The molecule has 6 N–H and O–H groups in total. The van der Waals surface area contributed by atoms with Crippen LogP contribution in [-0.2, 0) is 11.2 Å². The van der Waals surface area contributed by atoms with Crippen molar-refractivity contribution < 1.29 is 9.59 Å². The lowest BCUT2D eigenvalue weighted by Gasteiger charge is -2.24. The summed E-state index contributed by atoms with van der Waals surface area (Å²) in [7, 11) is 0. The molecule has 8 nitrogen and oxygen atoms in total. The first-order valence-electron chi connectivity index (χ1n) is 9.80. The maximum Gasteiger partial charge on any atom is 0.222 e. The maximum atomic E-state index is 13.0. The summed E-state index contributed by atoms with van der Waals surface area (Å²) in [5.74, 6) is 6.85. The third kappa shape index (κ3) is 3.70. The van der Waals surface area contributed by atoms with Crippen LogP contribution in [0.2, 0.25) is 0 Å². The second kappa shape index (κ2) is 8.10. The molecule has 1 atom stereocenters. The first kappa shape index (κ1) is 19.8. The molecule has 0 spiro atoms. The Kier molecular flexibility index (Phi) is 5.35. The zero-order valence-electron chi connectivity index (χ0n) is 16.7. The van der Waals surface area contributed by atoms with Crippen LogP contribution >= 0.6 is 0 Å². The summed E-state index contributed by atoms with van der Waals surface area (Å²) in [4.78, 5) is 32.1. The van der Waals surface area contributed by atoms with Crippen LogP contribution in [0.15, 0.2) is 48.7 Å². The largest absolute Gasteiger partial charge is 0.356 e. The monoisotopic (exact) mass is 404 g/mol. The molecule has 2 aromatic heterocycles. The van der Waals surface area contributed by atoms with E-state index in [1.807, 2.05) is 36.4 Å². The fourth-order valence-electron chi connectivity index (χ4n) is 3.89. The van der Waals surface area contributed by atoms with E-state index < -0.39 is 0 Å². The molecule has 1 unspecified atom stereocenters. The number of ketones is 1. The number of hydrogen-bond acceptors (Lipinski definition) is 6. The first-order valence-corrected chi connectivity index (χ1v) is 9.80. The van der Waals surface area contributed by atoms with Gasteiger partial charge in [0.1, 0.15) is 5.82 Å². The number of pyridine rings is 1. The van der Waals surface area contributed by atoms with E-state index in [-0.39, 0.29) is 17.6 Å². The molecule has 1 aliphatic carbocycles. The number of aromatic nitrogens is 2. The zero-order valence-corrected chi connectivity index (χ0v) is 16.7. The van der Waals surface area contributed by atoms with Crippen molar-refractivity contribution in [2.24, 2.45) is 17.5 Å². The molecular weight excluding hydrogens is 380 g/mol. The highest BCUT2D eigenvalue weighted by Gasteiger charge is 2.33. The Morgan fingerprint density at radius 3 is 2.73 bits per heavy atom. The standard InChI is InChI=1S/C22H24N6O2/c1-13(29)26-19-11-15(7-8-25-19)21-22(28(24)16-5-3-2-4-6-16)20-17(27-21)9-14(12-23)10-18(20)30/h2-8,11,14,27H,9-10,12,23-24H2,1H3,(H,25,26,29). The van der Waals surface area contributed by atoms with E-state index in [1.54, 1.807) is 12.3 Å². The quantitative estimate of drug-likeness (QED) is 0.382. The van der Waals surface area contributed by atoms with Gasteiger partial charge in [-0.25, -0.2) is 10.8 Å². The number of benzene rings is 1. The number of Topliss-reactive ketones (excluding diaryl/α,β-unsaturated/α-hetero) is 1. The molecule has 8 heteroatoms. The normalized spacial score (nSPS) is 15.6. The Hall–Kier alpha value is -3.49. The fraction of sp³-hybridized carbons (Fsp3) is 0.227. The third-order valence-electron chi connectivity index (χ3n) is 5.26. The first-order chi connectivity index (χ1) is 14.5. The highest BCUT2D eigenvalue weighted by atomic mass is 16.1. The fourth-order valence-corrected chi connectivity index (χ4v) is 3.89. The van der Waals surface area contributed by atoms with E-state index in [9.17, 15) is 9.59 Å². The molecule has 1 aromatic carbocycles. The van der Waals surface area contributed by atoms with Gasteiger partial charge in [0.25, 0.3) is 0 Å². The van der Waals surface area contributed by atoms with Crippen molar-refractivity contribution in [1.29, 1.82) is 0 Å². The molecule has 1 amide bonds. The summed E-state index contributed by atoms with van der Waals surface area (Å²) in [5.41, 5.74) is 10.1.